The molecule has 2 rings (SSSR count). The van der Waals surface area contributed by atoms with Gasteiger partial charge in [-0.05, 0) is 51.4 Å². The summed E-state index contributed by atoms with van der Waals surface area (Å²) in [5.74, 6) is 0. The molecule has 2 nitrogen and oxygen atoms in total. The molecule has 1 aliphatic rings. The largest absolute Gasteiger partial charge is 0.384 e. The molecule has 1 saturated heterocycles. The average Bonchev–Trinajstić information content (AvgIpc) is 2.16. The highest BCUT2D eigenvalue weighted by Gasteiger charge is 2.34. The Balaban J connectivity index is 2.34. The summed E-state index contributed by atoms with van der Waals surface area (Å²) in [6.07, 6.45) is 1.95. The van der Waals surface area contributed by atoms with Gasteiger partial charge in [0.05, 0.1) is 0 Å². The third-order valence-electron chi connectivity index (χ3n) is 3.54. The molecule has 1 heterocycles. The van der Waals surface area contributed by atoms with Crippen LogP contribution in [0.25, 0.3) is 0 Å². The fourth-order valence-corrected chi connectivity index (χ4v) is 2.80. The molecular formula is C14H21NO. The van der Waals surface area contributed by atoms with Crippen LogP contribution >= 0.6 is 0 Å². The van der Waals surface area contributed by atoms with E-state index in [1.165, 1.54) is 11.1 Å². The van der Waals surface area contributed by atoms with Crippen LogP contribution in [0, 0.1) is 13.8 Å². The van der Waals surface area contributed by atoms with E-state index < -0.39 is 5.60 Å². The van der Waals surface area contributed by atoms with E-state index in [4.69, 9.17) is 0 Å². The summed E-state index contributed by atoms with van der Waals surface area (Å²) in [6.45, 7) is 6.02. The quantitative estimate of drug-likeness (QED) is 0.783. The standard InChI is InChI=1S/C14H21NO/c1-11-5-6-13(12(2)9-11)14(16)7-4-8-15(3)10-14/h5-6,9,16H,4,7-8,10H2,1-3H3. The maximum atomic E-state index is 10.7. The zero-order chi connectivity index (χ0) is 11.8. The Morgan fingerprint density at radius 1 is 1.31 bits per heavy atom. The van der Waals surface area contributed by atoms with Gasteiger partial charge in [0.25, 0.3) is 0 Å². The van der Waals surface area contributed by atoms with Crippen molar-refractivity contribution >= 4 is 0 Å². The number of piperidine rings is 1. The molecule has 0 aromatic heterocycles. The van der Waals surface area contributed by atoms with Crippen LogP contribution in [-0.2, 0) is 5.60 Å². The number of likely N-dealkylation sites (tertiary alicyclic amines) is 1. The molecule has 1 aromatic rings. The van der Waals surface area contributed by atoms with Crippen molar-refractivity contribution in [3.05, 3.63) is 34.9 Å². The number of β-amino-alcohol motifs (C(OH)–C–C–N with tert-alkyl or cyclic N) is 1. The van der Waals surface area contributed by atoms with Crippen molar-refractivity contribution in [3.8, 4) is 0 Å². The van der Waals surface area contributed by atoms with E-state index in [-0.39, 0.29) is 0 Å². The molecule has 1 unspecified atom stereocenters. The van der Waals surface area contributed by atoms with Crippen molar-refractivity contribution < 1.29 is 5.11 Å². The first kappa shape index (κ1) is 11.6. The van der Waals surface area contributed by atoms with Gasteiger partial charge in [-0.1, -0.05) is 23.8 Å². The molecule has 0 spiro atoms. The van der Waals surface area contributed by atoms with E-state index in [1.807, 2.05) is 0 Å². The summed E-state index contributed by atoms with van der Waals surface area (Å²) < 4.78 is 0. The molecule has 0 bridgehead atoms. The predicted octanol–water partition coefficient (Wildman–Crippen LogP) is 2.22. The lowest BCUT2D eigenvalue weighted by Crippen LogP contribution is -2.44. The maximum Gasteiger partial charge on any atom is 0.103 e. The van der Waals surface area contributed by atoms with Crippen molar-refractivity contribution in [3.63, 3.8) is 0 Å². The van der Waals surface area contributed by atoms with E-state index >= 15 is 0 Å². The number of hydrogen-bond acceptors (Lipinski definition) is 2. The van der Waals surface area contributed by atoms with Crippen molar-refractivity contribution in [1.29, 1.82) is 0 Å². The SMILES string of the molecule is Cc1ccc(C2(O)CCCN(C)C2)c(C)c1. The molecule has 16 heavy (non-hydrogen) atoms. The molecule has 1 aromatic carbocycles. The van der Waals surface area contributed by atoms with Crippen LogP contribution < -0.4 is 0 Å². The van der Waals surface area contributed by atoms with E-state index in [9.17, 15) is 5.11 Å². The fourth-order valence-electron chi connectivity index (χ4n) is 2.80. The van der Waals surface area contributed by atoms with Crippen molar-refractivity contribution in [2.45, 2.75) is 32.3 Å². The normalized spacial score (nSPS) is 27.0. The topological polar surface area (TPSA) is 23.5 Å². The van der Waals surface area contributed by atoms with Crippen LogP contribution in [-0.4, -0.2) is 30.1 Å². The van der Waals surface area contributed by atoms with Gasteiger partial charge in [0, 0.05) is 6.54 Å². The zero-order valence-corrected chi connectivity index (χ0v) is 10.5. The predicted molar refractivity (Wildman–Crippen MR) is 66.5 cm³/mol. The molecule has 88 valence electrons. The smallest absolute Gasteiger partial charge is 0.103 e. The van der Waals surface area contributed by atoms with Gasteiger partial charge in [-0.3, -0.25) is 0 Å². The molecule has 0 saturated carbocycles. The number of hydrogen-bond donors (Lipinski definition) is 1. The Bertz CT molecular complexity index is 388. The number of aliphatic hydroxyl groups is 1. The molecule has 1 atom stereocenters. The molecule has 2 heteroatoms. The van der Waals surface area contributed by atoms with Crippen molar-refractivity contribution in [2.75, 3.05) is 20.1 Å². The average molecular weight is 219 g/mol. The second-order valence-electron chi connectivity index (χ2n) is 5.19. The van der Waals surface area contributed by atoms with E-state index in [0.717, 1.165) is 31.5 Å². The van der Waals surface area contributed by atoms with E-state index in [0.29, 0.717) is 0 Å². The minimum atomic E-state index is -0.648. The van der Waals surface area contributed by atoms with Gasteiger partial charge in [-0.25, -0.2) is 0 Å². The van der Waals surface area contributed by atoms with Gasteiger partial charge in [-0.2, -0.15) is 0 Å². The maximum absolute atomic E-state index is 10.7. The summed E-state index contributed by atoms with van der Waals surface area (Å²) >= 11 is 0. The Hall–Kier alpha value is -0.860. The fraction of sp³-hybridized carbons (Fsp3) is 0.571. The highest BCUT2D eigenvalue weighted by atomic mass is 16.3. The molecular weight excluding hydrogens is 198 g/mol. The number of rotatable bonds is 1. The molecule has 0 radical (unpaired) electrons. The Morgan fingerprint density at radius 2 is 2.06 bits per heavy atom. The highest BCUT2D eigenvalue weighted by molar-refractivity contribution is 5.35. The first-order valence-corrected chi connectivity index (χ1v) is 6.00. The van der Waals surface area contributed by atoms with Gasteiger partial charge >= 0.3 is 0 Å². The lowest BCUT2D eigenvalue weighted by atomic mass is 9.83. The lowest BCUT2D eigenvalue weighted by molar-refractivity contribution is -0.0282. The van der Waals surface area contributed by atoms with Gasteiger partial charge in [0.15, 0.2) is 0 Å². The van der Waals surface area contributed by atoms with Gasteiger partial charge < -0.3 is 10.0 Å². The summed E-state index contributed by atoms with van der Waals surface area (Å²) in [5.41, 5.74) is 2.92. The minimum Gasteiger partial charge on any atom is -0.384 e. The number of likely N-dealkylation sites (N-methyl/N-ethyl adjacent to an activating group) is 1. The van der Waals surface area contributed by atoms with Crippen LogP contribution in [0.15, 0.2) is 18.2 Å². The number of nitrogens with zero attached hydrogens (tertiary/aromatic N) is 1. The second kappa shape index (κ2) is 4.19. The summed E-state index contributed by atoms with van der Waals surface area (Å²) in [4.78, 5) is 2.21. The molecule has 0 amide bonds. The summed E-state index contributed by atoms with van der Waals surface area (Å²) in [5, 5.41) is 10.7. The van der Waals surface area contributed by atoms with Crippen LogP contribution in [0.3, 0.4) is 0 Å². The third-order valence-corrected chi connectivity index (χ3v) is 3.54. The lowest BCUT2D eigenvalue weighted by Gasteiger charge is -2.38. The van der Waals surface area contributed by atoms with Crippen molar-refractivity contribution in [2.24, 2.45) is 0 Å². The van der Waals surface area contributed by atoms with E-state index in [1.54, 1.807) is 0 Å². The first-order chi connectivity index (χ1) is 7.51. The number of benzene rings is 1. The molecule has 1 N–H and O–H groups in total. The summed E-state index contributed by atoms with van der Waals surface area (Å²) in [6, 6.07) is 6.33. The number of aryl methyl sites for hydroxylation is 2. The van der Waals surface area contributed by atoms with Crippen LogP contribution in [0.2, 0.25) is 0 Å². The third kappa shape index (κ3) is 2.13. The van der Waals surface area contributed by atoms with Gasteiger partial charge in [0.1, 0.15) is 5.60 Å². The zero-order valence-electron chi connectivity index (χ0n) is 10.5. The van der Waals surface area contributed by atoms with Crippen LogP contribution in [0.5, 0.6) is 0 Å². The van der Waals surface area contributed by atoms with Crippen LogP contribution in [0.4, 0.5) is 0 Å². The Labute approximate surface area is 97.9 Å². The Morgan fingerprint density at radius 3 is 2.69 bits per heavy atom. The van der Waals surface area contributed by atoms with E-state index in [2.05, 4.69) is 44.0 Å². The van der Waals surface area contributed by atoms with Crippen LogP contribution in [0.1, 0.15) is 29.5 Å². The monoisotopic (exact) mass is 219 g/mol. The molecule has 1 fully saturated rings. The summed E-state index contributed by atoms with van der Waals surface area (Å²) in [7, 11) is 2.08. The van der Waals surface area contributed by atoms with Gasteiger partial charge in [-0.15, -0.1) is 0 Å². The molecule has 0 aliphatic carbocycles. The minimum absolute atomic E-state index is 0.648. The highest BCUT2D eigenvalue weighted by Crippen LogP contribution is 2.33. The van der Waals surface area contributed by atoms with Crippen molar-refractivity contribution in [1.82, 2.24) is 4.90 Å². The first-order valence-electron chi connectivity index (χ1n) is 6.00. The Kier molecular flexibility index (Phi) is 3.04. The second-order valence-corrected chi connectivity index (χ2v) is 5.19. The van der Waals surface area contributed by atoms with Gasteiger partial charge in [0.2, 0.25) is 0 Å². The molecule has 1 aliphatic heterocycles.